The Morgan fingerprint density at radius 1 is 0.578 bits per heavy atom. The van der Waals surface area contributed by atoms with Crippen molar-refractivity contribution in [3.8, 4) is 0 Å². The number of esters is 2. The second-order valence-corrected chi connectivity index (χ2v) is 18.7. The molecule has 0 aromatic rings. The highest BCUT2D eigenvalue weighted by atomic mass is 32.2. The van der Waals surface area contributed by atoms with Gasteiger partial charge in [0.05, 0.1) is 6.61 Å². The topological polar surface area (TPSA) is 186 Å². The zero-order chi connectivity index (χ0) is 46.9. The first-order valence-corrected chi connectivity index (χ1v) is 26.4. The van der Waals surface area contributed by atoms with Crippen molar-refractivity contribution in [3.63, 3.8) is 0 Å². The maximum Gasteiger partial charge on any atom is 0.306 e. The molecule has 12 nitrogen and oxygen atoms in total. The van der Waals surface area contributed by atoms with Gasteiger partial charge in [0, 0.05) is 12.8 Å². The average Bonchev–Trinajstić information content (AvgIpc) is 3.26. The Morgan fingerprint density at radius 3 is 1.55 bits per heavy atom. The molecule has 1 aliphatic heterocycles. The predicted octanol–water partition coefficient (Wildman–Crippen LogP) is 10.9. The van der Waals surface area contributed by atoms with Crippen LogP contribution in [0.25, 0.3) is 0 Å². The number of allylic oxidation sites excluding steroid dienone is 9. The molecule has 0 radical (unpaired) electrons. The first-order valence-electron chi connectivity index (χ1n) is 24.8. The van der Waals surface area contributed by atoms with E-state index >= 15 is 0 Å². The predicted molar refractivity (Wildman–Crippen MR) is 256 cm³/mol. The lowest BCUT2D eigenvalue weighted by Crippen LogP contribution is -2.60. The molecular weight excluding hydrogens is 837 g/mol. The van der Waals surface area contributed by atoms with Crippen molar-refractivity contribution in [1.29, 1.82) is 0 Å². The first-order chi connectivity index (χ1) is 31.0. The summed E-state index contributed by atoms with van der Waals surface area (Å²) in [5, 5.41) is 30.9. The molecule has 370 valence electrons. The zero-order valence-corrected chi connectivity index (χ0v) is 40.3. The average molecular weight is 925 g/mol. The molecule has 0 spiro atoms. The van der Waals surface area contributed by atoms with Gasteiger partial charge in [-0.1, -0.05) is 171 Å². The summed E-state index contributed by atoms with van der Waals surface area (Å²) in [5.74, 6) is -2.06. The van der Waals surface area contributed by atoms with Crippen LogP contribution in [-0.2, 0) is 38.7 Å². The van der Waals surface area contributed by atoms with Crippen molar-refractivity contribution in [2.45, 2.75) is 230 Å². The number of hydrogen-bond acceptors (Lipinski definition) is 11. The third kappa shape index (κ3) is 34.7. The Bertz CT molecular complexity index is 1390. The van der Waals surface area contributed by atoms with Crippen LogP contribution in [0.3, 0.4) is 0 Å². The van der Waals surface area contributed by atoms with E-state index in [0.29, 0.717) is 19.3 Å². The Hall–Kier alpha value is -2.65. The normalized spacial score (nSPS) is 19.9. The molecule has 1 rings (SSSR count). The Balaban J connectivity index is 2.43. The molecule has 0 saturated carbocycles. The van der Waals surface area contributed by atoms with Crippen LogP contribution in [0.15, 0.2) is 61.3 Å². The molecule has 13 heteroatoms. The summed E-state index contributed by atoms with van der Waals surface area (Å²) < 4.78 is 54.1. The van der Waals surface area contributed by atoms with Crippen LogP contribution in [0.4, 0.5) is 0 Å². The smallest absolute Gasteiger partial charge is 0.306 e. The Morgan fingerprint density at radius 2 is 1.03 bits per heavy atom. The van der Waals surface area contributed by atoms with Gasteiger partial charge in [0.15, 0.2) is 12.4 Å². The molecule has 6 atom stereocenters. The third-order valence-corrected chi connectivity index (χ3v) is 12.0. The molecule has 0 aliphatic carbocycles. The minimum absolute atomic E-state index is 0.141. The van der Waals surface area contributed by atoms with Gasteiger partial charge in [-0.15, -0.1) is 6.58 Å². The maximum absolute atomic E-state index is 12.8. The summed E-state index contributed by atoms with van der Waals surface area (Å²) in [6, 6.07) is 0. The van der Waals surface area contributed by atoms with Crippen LogP contribution in [0.1, 0.15) is 193 Å². The fraction of sp³-hybridized carbons (Fsp3) is 0.765. The number of aliphatic hydroxyl groups excluding tert-OH is 3. The first kappa shape index (κ1) is 59.4. The summed E-state index contributed by atoms with van der Waals surface area (Å²) in [6.45, 7) is 5.25. The summed E-state index contributed by atoms with van der Waals surface area (Å²) in [7, 11) is -4.61. The van der Waals surface area contributed by atoms with Gasteiger partial charge in [-0.25, -0.2) is 0 Å². The maximum atomic E-state index is 12.8. The van der Waals surface area contributed by atoms with Crippen LogP contribution in [0.5, 0.6) is 0 Å². The summed E-state index contributed by atoms with van der Waals surface area (Å²) in [6.07, 6.45) is 40.2. The number of ether oxygens (including phenoxy) is 4. The van der Waals surface area contributed by atoms with E-state index in [1.165, 1.54) is 103 Å². The molecule has 0 aromatic carbocycles. The molecule has 4 N–H and O–H groups in total. The summed E-state index contributed by atoms with van der Waals surface area (Å²) in [5.41, 5.74) is 0. The lowest BCUT2D eigenvalue weighted by molar-refractivity contribution is -0.297. The number of rotatable bonds is 42. The van der Waals surface area contributed by atoms with Crippen molar-refractivity contribution < 1.29 is 56.8 Å². The van der Waals surface area contributed by atoms with Gasteiger partial charge in [0.2, 0.25) is 0 Å². The van der Waals surface area contributed by atoms with Gasteiger partial charge in [-0.3, -0.25) is 14.1 Å². The monoisotopic (exact) mass is 925 g/mol. The number of carbonyl (C=O) groups is 2. The van der Waals surface area contributed by atoms with E-state index < -0.39 is 71.2 Å². The van der Waals surface area contributed by atoms with Crippen molar-refractivity contribution in [2.75, 3.05) is 19.0 Å². The minimum Gasteiger partial charge on any atom is -0.462 e. The van der Waals surface area contributed by atoms with Crippen LogP contribution < -0.4 is 0 Å². The van der Waals surface area contributed by atoms with E-state index in [9.17, 15) is 37.9 Å². The molecular formula is C51H88O12S. The van der Waals surface area contributed by atoms with Crippen molar-refractivity contribution >= 4 is 22.1 Å². The van der Waals surface area contributed by atoms with Crippen LogP contribution in [0, 0.1) is 0 Å². The van der Waals surface area contributed by atoms with Crippen molar-refractivity contribution in [2.24, 2.45) is 0 Å². The number of hydrogen-bond donors (Lipinski definition) is 4. The Labute approximate surface area is 387 Å². The van der Waals surface area contributed by atoms with Gasteiger partial charge in [0.1, 0.15) is 36.8 Å². The number of carbonyl (C=O) groups excluding carboxylic acids is 2. The fourth-order valence-electron chi connectivity index (χ4n) is 7.36. The van der Waals surface area contributed by atoms with Gasteiger partial charge >= 0.3 is 11.9 Å². The van der Waals surface area contributed by atoms with E-state index in [1.807, 2.05) is 12.2 Å². The SMILES string of the molecule is C=CCCCCCCCCCCCCCCCC(=O)O[C@H](COC(=O)CCC/C=C/C/C=C/C/C=C/C/C=C/CCCCCCCCC)CO[C@H]1O[C@H](CS(=O)(=O)O)[C@@H](O)C(O)C1O. The van der Waals surface area contributed by atoms with Crippen molar-refractivity contribution in [1.82, 2.24) is 0 Å². The van der Waals surface area contributed by atoms with Gasteiger partial charge in [-0.2, -0.15) is 8.42 Å². The quantitative estimate of drug-likeness (QED) is 0.0197. The lowest BCUT2D eigenvalue weighted by atomic mass is 10.00. The van der Waals surface area contributed by atoms with E-state index in [0.717, 1.165) is 51.4 Å². The molecule has 1 aliphatic rings. The molecule has 0 aromatic heterocycles. The molecule has 0 amide bonds. The fourth-order valence-corrected chi connectivity index (χ4v) is 8.05. The van der Waals surface area contributed by atoms with Crippen LogP contribution >= 0.6 is 0 Å². The zero-order valence-electron chi connectivity index (χ0n) is 39.5. The highest BCUT2D eigenvalue weighted by Gasteiger charge is 2.46. The summed E-state index contributed by atoms with van der Waals surface area (Å²) >= 11 is 0. The van der Waals surface area contributed by atoms with Crippen LogP contribution in [0.2, 0.25) is 0 Å². The van der Waals surface area contributed by atoms with Gasteiger partial charge in [0.25, 0.3) is 10.1 Å². The summed E-state index contributed by atoms with van der Waals surface area (Å²) in [4.78, 5) is 25.5. The third-order valence-electron chi connectivity index (χ3n) is 11.2. The molecule has 2 unspecified atom stereocenters. The van der Waals surface area contributed by atoms with E-state index in [1.54, 1.807) is 0 Å². The Kier molecular flexibility index (Phi) is 37.7. The standard InChI is InChI=1S/C51H88O12S/c1-3-5-7-9-11-13-15-17-19-20-21-22-23-24-26-27-29-31-33-35-37-39-46(52)60-41-44(42-61-51-50(56)49(55)48(54)45(63-51)43-64(57,58)59)62-47(53)40-38-36-34-32-30-28-25-18-16-14-12-10-8-6-4-2/h4,19-20,22-23,26-27,31,33,44-45,48-51,54-56H,2-3,5-18,21,24-25,28-30,32,34-43H2,1H3,(H,57,58,59)/b20-19+,23-22+,27-26+,33-31+/t44-,45-,48-,49?,50?,51+/m1/s1. The second-order valence-electron chi connectivity index (χ2n) is 17.2. The van der Waals surface area contributed by atoms with E-state index in [4.69, 9.17) is 18.9 Å². The number of unbranched alkanes of at least 4 members (excludes halogenated alkanes) is 21. The molecule has 1 fully saturated rings. The highest BCUT2D eigenvalue weighted by molar-refractivity contribution is 7.85. The van der Waals surface area contributed by atoms with Gasteiger partial charge < -0.3 is 34.3 Å². The van der Waals surface area contributed by atoms with Crippen LogP contribution in [-0.4, -0.2) is 96.0 Å². The van der Waals surface area contributed by atoms with E-state index in [-0.39, 0.29) is 19.4 Å². The molecule has 1 saturated heterocycles. The number of aliphatic hydroxyl groups is 3. The van der Waals surface area contributed by atoms with Crippen molar-refractivity contribution in [3.05, 3.63) is 61.3 Å². The minimum atomic E-state index is -4.61. The molecule has 0 bridgehead atoms. The largest absolute Gasteiger partial charge is 0.462 e. The van der Waals surface area contributed by atoms with E-state index in [2.05, 4.69) is 56.0 Å². The lowest BCUT2D eigenvalue weighted by Gasteiger charge is -2.40. The van der Waals surface area contributed by atoms with Gasteiger partial charge in [-0.05, 0) is 64.2 Å². The molecule has 64 heavy (non-hydrogen) atoms. The second kappa shape index (κ2) is 40.6. The highest BCUT2D eigenvalue weighted by Crippen LogP contribution is 2.24. The molecule has 1 heterocycles.